The van der Waals surface area contributed by atoms with Crippen molar-refractivity contribution in [3.05, 3.63) is 23.2 Å². The van der Waals surface area contributed by atoms with Crippen molar-refractivity contribution in [1.82, 2.24) is 4.98 Å². The Labute approximate surface area is 91.7 Å². The first-order valence-corrected chi connectivity index (χ1v) is 5.52. The number of methoxy groups -OCH3 is 1. The van der Waals surface area contributed by atoms with Gasteiger partial charge in [0.15, 0.2) is 0 Å². The van der Waals surface area contributed by atoms with Gasteiger partial charge >= 0.3 is 0 Å². The van der Waals surface area contributed by atoms with Crippen molar-refractivity contribution in [2.24, 2.45) is 0 Å². The third-order valence-corrected chi connectivity index (χ3v) is 3.19. The second-order valence-corrected chi connectivity index (χ2v) is 4.26. The normalized spacial score (nSPS) is 10.5. The maximum atomic E-state index is 10.3. The van der Waals surface area contributed by atoms with Crippen molar-refractivity contribution in [3.8, 4) is 5.75 Å². The van der Waals surface area contributed by atoms with Gasteiger partial charge in [-0.1, -0.05) is 0 Å². The van der Waals surface area contributed by atoms with E-state index < -0.39 is 0 Å². The summed E-state index contributed by atoms with van der Waals surface area (Å²) in [6.45, 7) is 0. The van der Waals surface area contributed by atoms with Crippen LogP contribution in [0.15, 0.2) is 18.2 Å². The molecule has 1 heterocycles. The maximum absolute atomic E-state index is 10.3. The highest BCUT2D eigenvalue weighted by Crippen LogP contribution is 2.26. The standard InChI is InChI=1S/C11H11NO2S/c1-14-8-4-5-9-10(7-8)15-11(12-9)3-2-6-13/h4-7H,2-3H2,1H3. The van der Waals surface area contributed by atoms with E-state index in [2.05, 4.69) is 4.98 Å². The predicted molar refractivity (Wildman–Crippen MR) is 60.6 cm³/mol. The zero-order chi connectivity index (χ0) is 10.7. The predicted octanol–water partition coefficient (Wildman–Crippen LogP) is 2.44. The van der Waals surface area contributed by atoms with Crippen LogP contribution in [0.4, 0.5) is 0 Å². The fraction of sp³-hybridized carbons (Fsp3) is 0.273. The van der Waals surface area contributed by atoms with Crippen molar-refractivity contribution in [2.75, 3.05) is 7.11 Å². The summed E-state index contributed by atoms with van der Waals surface area (Å²) in [5, 5.41) is 1.00. The Hall–Kier alpha value is -1.42. The second kappa shape index (κ2) is 4.40. The number of benzene rings is 1. The van der Waals surface area contributed by atoms with Crippen LogP contribution < -0.4 is 4.74 Å². The first-order valence-electron chi connectivity index (χ1n) is 4.70. The van der Waals surface area contributed by atoms with Gasteiger partial charge in [-0.05, 0) is 18.2 Å². The van der Waals surface area contributed by atoms with Crippen LogP contribution in [0.5, 0.6) is 5.75 Å². The Morgan fingerprint density at radius 3 is 3.13 bits per heavy atom. The molecule has 0 atom stereocenters. The second-order valence-electron chi connectivity index (χ2n) is 3.15. The smallest absolute Gasteiger partial charge is 0.120 e. The Bertz CT molecular complexity index is 478. The molecule has 0 aliphatic rings. The molecule has 0 unspecified atom stereocenters. The van der Waals surface area contributed by atoms with Crippen molar-refractivity contribution in [2.45, 2.75) is 12.8 Å². The van der Waals surface area contributed by atoms with Gasteiger partial charge in [-0.15, -0.1) is 11.3 Å². The molecule has 0 bridgehead atoms. The zero-order valence-electron chi connectivity index (χ0n) is 8.40. The Morgan fingerprint density at radius 2 is 2.40 bits per heavy atom. The quantitative estimate of drug-likeness (QED) is 0.744. The molecule has 0 fully saturated rings. The molecule has 3 nitrogen and oxygen atoms in total. The van der Waals surface area contributed by atoms with E-state index in [-0.39, 0.29) is 0 Å². The molecule has 15 heavy (non-hydrogen) atoms. The first kappa shape index (κ1) is 10.1. The molecule has 1 aromatic carbocycles. The number of ether oxygens (including phenoxy) is 1. The number of aldehydes is 1. The number of carbonyl (C=O) groups is 1. The molecule has 1 aromatic heterocycles. The molecule has 0 radical (unpaired) electrons. The summed E-state index contributed by atoms with van der Waals surface area (Å²) in [5.74, 6) is 0.841. The summed E-state index contributed by atoms with van der Waals surface area (Å²) < 4.78 is 6.24. The van der Waals surface area contributed by atoms with E-state index >= 15 is 0 Å². The Morgan fingerprint density at radius 1 is 1.53 bits per heavy atom. The van der Waals surface area contributed by atoms with Gasteiger partial charge in [0.2, 0.25) is 0 Å². The molecule has 2 rings (SSSR count). The van der Waals surface area contributed by atoms with E-state index in [0.29, 0.717) is 6.42 Å². The van der Waals surface area contributed by atoms with Crippen molar-refractivity contribution >= 4 is 27.8 Å². The molecular formula is C11H11NO2S. The number of thiazole rings is 1. The Kier molecular flexibility index (Phi) is 2.97. The highest BCUT2D eigenvalue weighted by atomic mass is 32.1. The molecule has 0 aliphatic carbocycles. The molecule has 0 spiro atoms. The lowest BCUT2D eigenvalue weighted by Gasteiger charge is -1.96. The highest BCUT2D eigenvalue weighted by Gasteiger charge is 2.04. The van der Waals surface area contributed by atoms with Crippen LogP contribution >= 0.6 is 11.3 Å². The van der Waals surface area contributed by atoms with Crippen LogP contribution in [-0.2, 0) is 11.2 Å². The molecule has 0 aliphatic heterocycles. The molecule has 0 N–H and O–H groups in total. The third kappa shape index (κ3) is 2.15. The van der Waals surface area contributed by atoms with Gasteiger partial charge in [-0.25, -0.2) is 4.98 Å². The number of fused-ring (bicyclic) bond motifs is 1. The van der Waals surface area contributed by atoms with Gasteiger partial charge in [-0.3, -0.25) is 0 Å². The number of nitrogens with zero attached hydrogens (tertiary/aromatic N) is 1. The van der Waals surface area contributed by atoms with E-state index in [1.54, 1.807) is 18.4 Å². The minimum atomic E-state index is 0.539. The highest BCUT2D eigenvalue weighted by molar-refractivity contribution is 7.18. The van der Waals surface area contributed by atoms with Crippen LogP contribution in [0.25, 0.3) is 10.2 Å². The summed E-state index contributed by atoms with van der Waals surface area (Å²) >= 11 is 1.62. The van der Waals surface area contributed by atoms with E-state index in [9.17, 15) is 4.79 Å². The number of carbonyl (C=O) groups excluding carboxylic acids is 1. The SMILES string of the molecule is COc1ccc2nc(CCC=O)sc2c1. The number of aromatic nitrogens is 1. The van der Waals surface area contributed by atoms with Gasteiger partial charge in [0.25, 0.3) is 0 Å². The molecule has 78 valence electrons. The fourth-order valence-electron chi connectivity index (χ4n) is 1.37. The summed E-state index contributed by atoms with van der Waals surface area (Å²) in [4.78, 5) is 14.7. The number of aryl methyl sites for hydroxylation is 1. The minimum Gasteiger partial charge on any atom is -0.497 e. The molecule has 4 heteroatoms. The third-order valence-electron chi connectivity index (χ3n) is 2.12. The molecular weight excluding hydrogens is 210 g/mol. The minimum absolute atomic E-state index is 0.539. The van der Waals surface area contributed by atoms with Crippen LogP contribution in [-0.4, -0.2) is 18.4 Å². The summed E-state index contributed by atoms with van der Waals surface area (Å²) in [6, 6.07) is 5.80. The van der Waals surface area contributed by atoms with Gasteiger partial charge in [0, 0.05) is 12.8 Å². The molecule has 0 saturated carbocycles. The summed E-state index contributed by atoms with van der Waals surface area (Å²) in [7, 11) is 1.65. The van der Waals surface area contributed by atoms with Crippen LogP contribution in [0.3, 0.4) is 0 Å². The topological polar surface area (TPSA) is 39.2 Å². The average molecular weight is 221 g/mol. The van der Waals surface area contributed by atoms with E-state index in [1.165, 1.54) is 0 Å². The van der Waals surface area contributed by atoms with E-state index in [0.717, 1.165) is 33.7 Å². The Balaban J connectivity index is 2.33. The van der Waals surface area contributed by atoms with Crippen LogP contribution in [0, 0.1) is 0 Å². The van der Waals surface area contributed by atoms with Gasteiger partial charge in [0.1, 0.15) is 12.0 Å². The summed E-state index contributed by atoms with van der Waals surface area (Å²) in [5.41, 5.74) is 0.974. The monoisotopic (exact) mass is 221 g/mol. The van der Waals surface area contributed by atoms with Crippen molar-refractivity contribution in [1.29, 1.82) is 0 Å². The summed E-state index contributed by atoms with van der Waals surface area (Å²) in [6.07, 6.45) is 2.19. The number of hydrogen-bond donors (Lipinski definition) is 0. The zero-order valence-corrected chi connectivity index (χ0v) is 9.21. The van der Waals surface area contributed by atoms with Crippen LogP contribution in [0.2, 0.25) is 0 Å². The number of rotatable bonds is 4. The van der Waals surface area contributed by atoms with Crippen molar-refractivity contribution < 1.29 is 9.53 Å². The maximum Gasteiger partial charge on any atom is 0.120 e. The van der Waals surface area contributed by atoms with E-state index in [4.69, 9.17) is 4.74 Å². The molecule has 0 amide bonds. The number of hydrogen-bond acceptors (Lipinski definition) is 4. The lowest BCUT2D eigenvalue weighted by atomic mass is 10.3. The lowest BCUT2D eigenvalue weighted by Crippen LogP contribution is -1.83. The van der Waals surface area contributed by atoms with Gasteiger partial charge < -0.3 is 9.53 Å². The molecule has 2 aromatic rings. The largest absolute Gasteiger partial charge is 0.497 e. The van der Waals surface area contributed by atoms with E-state index in [1.807, 2.05) is 18.2 Å². The van der Waals surface area contributed by atoms with Gasteiger partial charge in [0.05, 0.1) is 22.3 Å². The lowest BCUT2D eigenvalue weighted by molar-refractivity contribution is -0.107. The van der Waals surface area contributed by atoms with Crippen molar-refractivity contribution in [3.63, 3.8) is 0 Å². The first-order chi connectivity index (χ1) is 7.33. The fourth-order valence-corrected chi connectivity index (χ4v) is 2.38. The van der Waals surface area contributed by atoms with Crippen LogP contribution in [0.1, 0.15) is 11.4 Å². The average Bonchev–Trinajstić information content (AvgIpc) is 2.67. The molecule has 0 saturated heterocycles. The van der Waals surface area contributed by atoms with Gasteiger partial charge in [-0.2, -0.15) is 0 Å².